The van der Waals surface area contributed by atoms with Gasteiger partial charge in [0, 0.05) is 11.9 Å². The molecule has 8 nitrogen and oxygen atoms in total. The fourth-order valence-electron chi connectivity index (χ4n) is 3.40. The second-order valence-electron chi connectivity index (χ2n) is 7.55. The number of carbonyl (C=O) groups excluding carboxylic acids is 1. The highest BCUT2D eigenvalue weighted by Gasteiger charge is 2.33. The number of primary amides is 1. The van der Waals surface area contributed by atoms with Crippen LogP contribution in [0.15, 0.2) is 71.6 Å². The fourth-order valence-corrected chi connectivity index (χ4v) is 4.59. The van der Waals surface area contributed by atoms with Gasteiger partial charge in [0.15, 0.2) is 0 Å². The number of nitrogens with one attached hydrogen (secondary N) is 2. The number of benzene rings is 3. The van der Waals surface area contributed by atoms with Crippen molar-refractivity contribution in [2.24, 2.45) is 5.73 Å². The summed E-state index contributed by atoms with van der Waals surface area (Å²) in [4.78, 5) is 20.3. The summed E-state index contributed by atoms with van der Waals surface area (Å²) in [6.45, 7) is -0.127. The normalized spacial score (nSPS) is 11.9. The highest BCUT2D eigenvalue weighted by molar-refractivity contribution is 7.92. The topological polar surface area (TPSA) is 127 Å². The van der Waals surface area contributed by atoms with E-state index < -0.39 is 32.7 Å². The summed E-state index contributed by atoms with van der Waals surface area (Å²) >= 11 is 5.69. The van der Waals surface area contributed by atoms with Gasteiger partial charge in [0.25, 0.3) is 15.9 Å². The molecule has 0 saturated heterocycles. The number of aromatic nitrogens is 2. The van der Waals surface area contributed by atoms with E-state index in [0.717, 1.165) is 12.1 Å². The second-order valence-corrected chi connectivity index (χ2v) is 9.64. The number of sulfonamides is 1. The molecule has 0 radical (unpaired) electrons. The number of nitrogens with zero attached hydrogens (tertiary/aromatic N) is 2. The molecule has 0 aliphatic heterocycles. The van der Waals surface area contributed by atoms with Gasteiger partial charge < -0.3 is 11.1 Å². The van der Waals surface area contributed by atoms with Crippen LogP contribution in [0.4, 0.5) is 24.9 Å². The van der Waals surface area contributed by atoms with E-state index in [2.05, 4.69) is 20.0 Å². The Kier molecular flexibility index (Phi) is 6.74. The summed E-state index contributed by atoms with van der Waals surface area (Å²) in [6, 6.07) is 15.4. The first-order valence-corrected chi connectivity index (χ1v) is 12.1. The number of halogens is 4. The van der Waals surface area contributed by atoms with E-state index in [1.807, 2.05) is 0 Å². The zero-order chi connectivity index (χ0) is 26.1. The molecule has 4 rings (SSSR count). The third-order valence-corrected chi connectivity index (χ3v) is 6.74. The third-order valence-electron chi connectivity index (χ3n) is 5.07. The molecule has 0 aliphatic rings. The highest BCUT2D eigenvalue weighted by atomic mass is 35.5. The third kappa shape index (κ3) is 5.34. The molecule has 1 heterocycles. The van der Waals surface area contributed by atoms with Gasteiger partial charge in [0.2, 0.25) is 5.95 Å². The Morgan fingerprint density at radius 2 is 1.72 bits per heavy atom. The Bertz CT molecular complexity index is 1570. The van der Waals surface area contributed by atoms with Crippen LogP contribution in [-0.4, -0.2) is 24.3 Å². The van der Waals surface area contributed by atoms with Gasteiger partial charge in [-0.2, -0.15) is 18.2 Å². The molecule has 13 heteroatoms. The first kappa shape index (κ1) is 25.2. The lowest BCUT2D eigenvalue weighted by molar-refractivity contribution is -0.137. The zero-order valence-electron chi connectivity index (χ0n) is 18.2. The molecular formula is C23H17ClF3N5O3S. The number of rotatable bonds is 7. The summed E-state index contributed by atoms with van der Waals surface area (Å²) in [7, 11) is -4.08. The van der Waals surface area contributed by atoms with Crippen LogP contribution in [0.5, 0.6) is 0 Å². The first-order valence-electron chi connectivity index (χ1n) is 10.2. The quantitative estimate of drug-likeness (QED) is 0.311. The Balaban J connectivity index is 1.76. The largest absolute Gasteiger partial charge is 0.417 e. The van der Waals surface area contributed by atoms with E-state index in [0.29, 0.717) is 5.39 Å². The van der Waals surface area contributed by atoms with Gasteiger partial charge in [0.05, 0.1) is 26.6 Å². The minimum atomic E-state index is -4.64. The lowest BCUT2D eigenvalue weighted by atomic mass is 10.1. The monoisotopic (exact) mass is 535 g/mol. The van der Waals surface area contributed by atoms with E-state index in [9.17, 15) is 26.4 Å². The first-order chi connectivity index (χ1) is 17.0. The molecule has 4 N–H and O–H groups in total. The number of fused-ring (bicyclic) bond motifs is 1. The number of alkyl halides is 3. The van der Waals surface area contributed by atoms with Crippen molar-refractivity contribution in [1.29, 1.82) is 0 Å². The number of hydrogen-bond donors (Lipinski definition) is 3. The number of anilines is 2. The minimum Gasteiger partial charge on any atom is -0.366 e. The molecule has 0 saturated carbocycles. The molecule has 0 aliphatic carbocycles. The van der Waals surface area contributed by atoms with Gasteiger partial charge in [-0.05, 0) is 42.0 Å². The van der Waals surface area contributed by atoms with E-state index in [1.54, 1.807) is 12.1 Å². The van der Waals surface area contributed by atoms with Crippen LogP contribution in [0, 0.1) is 0 Å². The van der Waals surface area contributed by atoms with E-state index in [4.69, 9.17) is 17.3 Å². The maximum atomic E-state index is 13.2. The molecule has 4 aromatic rings. The van der Waals surface area contributed by atoms with Crippen LogP contribution in [0.2, 0.25) is 5.02 Å². The summed E-state index contributed by atoms with van der Waals surface area (Å²) in [5, 5.41) is 2.75. The minimum absolute atomic E-state index is 0.00367. The Hall–Kier alpha value is -3.90. The smallest absolute Gasteiger partial charge is 0.366 e. The van der Waals surface area contributed by atoms with Gasteiger partial charge in [-0.1, -0.05) is 41.9 Å². The average Bonchev–Trinajstić information content (AvgIpc) is 2.82. The van der Waals surface area contributed by atoms with Crippen molar-refractivity contribution in [1.82, 2.24) is 9.97 Å². The van der Waals surface area contributed by atoms with E-state index >= 15 is 0 Å². The summed E-state index contributed by atoms with van der Waals surface area (Å²) in [6.07, 6.45) is -4.64. The van der Waals surface area contributed by atoms with Gasteiger partial charge in [-0.15, -0.1) is 0 Å². The number of carbonyl (C=O) groups is 1. The van der Waals surface area contributed by atoms with Crippen LogP contribution in [0.25, 0.3) is 10.9 Å². The van der Waals surface area contributed by atoms with Crippen LogP contribution < -0.4 is 15.8 Å². The second kappa shape index (κ2) is 9.63. The van der Waals surface area contributed by atoms with E-state index in [-0.39, 0.29) is 39.9 Å². The molecular weight excluding hydrogens is 519 g/mol. The molecule has 1 amide bonds. The predicted octanol–water partition coefficient (Wildman–Crippen LogP) is 4.81. The Morgan fingerprint density at radius 1 is 1.00 bits per heavy atom. The number of amides is 1. The Morgan fingerprint density at radius 3 is 2.39 bits per heavy atom. The average molecular weight is 536 g/mol. The Labute approximate surface area is 208 Å². The van der Waals surface area contributed by atoms with Crippen LogP contribution >= 0.6 is 11.6 Å². The molecule has 3 aromatic carbocycles. The SMILES string of the molecule is NC(=O)c1cccc2c(NCc3ccc(Cl)c(C(F)(F)F)c3)nc(NS(=O)(=O)c3ccccc3)nc12. The van der Waals surface area contributed by atoms with Gasteiger partial charge in [0.1, 0.15) is 5.82 Å². The lowest BCUT2D eigenvalue weighted by Gasteiger charge is -2.15. The number of nitrogens with two attached hydrogens (primary N) is 1. The van der Waals surface area contributed by atoms with Crippen LogP contribution in [0.1, 0.15) is 21.5 Å². The highest BCUT2D eigenvalue weighted by Crippen LogP contribution is 2.35. The van der Waals surface area contributed by atoms with Gasteiger partial charge in [-0.3, -0.25) is 4.79 Å². The van der Waals surface area contributed by atoms with Crippen molar-refractivity contribution in [3.63, 3.8) is 0 Å². The van der Waals surface area contributed by atoms with Crippen molar-refractivity contribution >= 4 is 50.2 Å². The lowest BCUT2D eigenvalue weighted by Crippen LogP contribution is -2.17. The van der Waals surface area contributed by atoms with Crippen molar-refractivity contribution in [3.8, 4) is 0 Å². The number of para-hydroxylation sites is 1. The maximum Gasteiger partial charge on any atom is 0.417 e. The molecule has 0 fully saturated rings. The van der Waals surface area contributed by atoms with Crippen molar-refractivity contribution in [3.05, 3.63) is 88.4 Å². The standard InChI is InChI=1S/C23H17ClF3N5O3S/c24-18-10-9-13(11-17(18)23(25,26)27)12-29-21-16-8-4-7-15(20(28)33)19(16)30-22(31-21)32-36(34,35)14-5-2-1-3-6-14/h1-11H,12H2,(H2,28,33)(H2,29,30,31,32). The summed E-state index contributed by atoms with van der Waals surface area (Å²) in [5.74, 6) is -1.11. The molecule has 186 valence electrons. The molecule has 1 aromatic heterocycles. The number of hydrogen-bond acceptors (Lipinski definition) is 6. The van der Waals surface area contributed by atoms with Crippen LogP contribution in [0.3, 0.4) is 0 Å². The fraction of sp³-hybridized carbons (Fsp3) is 0.0870. The summed E-state index contributed by atoms with van der Waals surface area (Å²) < 4.78 is 67.5. The van der Waals surface area contributed by atoms with Gasteiger partial charge in [-0.25, -0.2) is 18.1 Å². The molecule has 0 spiro atoms. The maximum absolute atomic E-state index is 13.2. The van der Waals surface area contributed by atoms with Crippen molar-refractivity contribution in [2.45, 2.75) is 17.6 Å². The zero-order valence-corrected chi connectivity index (χ0v) is 19.7. The van der Waals surface area contributed by atoms with Crippen LogP contribution in [-0.2, 0) is 22.7 Å². The summed E-state index contributed by atoms with van der Waals surface area (Å²) in [5.41, 5.74) is 4.75. The van der Waals surface area contributed by atoms with Crippen molar-refractivity contribution < 1.29 is 26.4 Å². The molecule has 36 heavy (non-hydrogen) atoms. The molecule has 0 unspecified atom stereocenters. The molecule has 0 atom stereocenters. The van der Waals surface area contributed by atoms with Crippen molar-refractivity contribution in [2.75, 3.05) is 10.0 Å². The van der Waals surface area contributed by atoms with Gasteiger partial charge >= 0.3 is 6.18 Å². The predicted molar refractivity (Wildman–Crippen MR) is 129 cm³/mol. The van der Waals surface area contributed by atoms with E-state index in [1.165, 1.54) is 42.5 Å². The molecule has 0 bridgehead atoms.